The summed E-state index contributed by atoms with van der Waals surface area (Å²) in [6.45, 7) is 0. The smallest absolute Gasteiger partial charge is 0.315 e. The van der Waals surface area contributed by atoms with Crippen molar-refractivity contribution in [2.45, 2.75) is 0 Å². The maximum Gasteiger partial charge on any atom is 0.315 e. The molecule has 11 heteroatoms. The molecule has 0 spiro atoms. The number of carbonyl (C=O) groups excluding carboxylic acids is 1. The van der Waals surface area contributed by atoms with E-state index in [9.17, 15) is 30.1 Å². The first kappa shape index (κ1) is 18.3. The summed E-state index contributed by atoms with van der Waals surface area (Å²) in [4.78, 5) is 32.0. The first-order valence-electron chi connectivity index (χ1n) is 6.96. The number of aromatic hydroxyl groups is 1. The van der Waals surface area contributed by atoms with Gasteiger partial charge >= 0.3 is 5.69 Å². The third-order valence-corrected chi connectivity index (χ3v) is 3.21. The molecule has 0 unspecified atom stereocenters. The van der Waals surface area contributed by atoms with Gasteiger partial charge in [0, 0.05) is 29.3 Å². The van der Waals surface area contributed by atoms with Gasteiger partial charge in [0.05, 0.1) is 23.2 Å². The van der Waals surface area contributed by atoms with Gasteiger partial charge in [0.2, 0.25) is 5.75 Å². The van der Waals surface area contributed by atoms with Gasteiger partial charge in [-0.1, -0.05) is 0 Å². The molecule has 0 heterocycles. The largest absolute Gasteiger partial charge is 0.500 e. The second kappa shape index (κ2) is 7.70. The van der Waals surface area contributed by atoms with Gasteiger partial charge in [-0.25, -0.2) is 5.43 Å². The number of benzene rings is 2. The Labute approximate surface area is 145 Å². The highest BCUT2D eigenvalue weighted by atomic mass is 16.6. The number of nitro benzene ring substituents is 2. The molecule has 1 amide bonds. The topological polar surface area (TPSA) is 157 Å². The minimum absolute atomic E-state index is 0.123. The lowest BCUT2D eigenvalue weighted by atomic mass is 10.2. The lowest BCUT2D eigenvalue weighted by Crippen LogP contribution is -2.17. The van der Waals surface area contributed by atoms with Crippen molar-refractivity contribution in [1.29, 1.82) is 0 Å². The molecule has 0 fully saturated rings. The number of hydrogen-bond donors (Lipinski definition) is 2. The average Bonchev–Trinajstić information content (AvgIpc) is 2.62. The van der Waals surface area contributed by atoms with Gasteiger partial charge in [-0.05, 0) is 18.2 Å². The summed E-state index contributed by atoms with van der Waals surface area (Å²) >= 11 is 0. The molecule has 0 bridgehead atoms. The predicted octanol–water partition coefficient (Wildman–Crippen LogP) is 1.98. The van der Waals surface area contributed by atoms with Gasteiger partial charge in [-0.2, -0.15) is 5.10 Å². The zero-order valence-electron chi connectivity index (χ0n) is 13.3. The van der Waals surface area contributed by atoms with Crippen LogP contribution in [0.4, 0.5) is 11.4 Å². The predicted molar refractivity (Wildman–Crippen MR) is 89.5 cm³/mol. The van der Waals surface area contributed by atoms with Crippen LogP contribution in [0.2, 0.25) is 0 Å². The number of methoxy groups -OCH3 is 1. The van der Waals surface area contributed by atoms with E-state index in [1.165, 1.54) is 37.4 Å². The van der Waals surface area contributed by atoms with E-state index in [1.54, 1.807) is 0 Å². The second-order valence-electron chi connectivity index (χ2n) is 4.85. The molecular weight excluding hydrogens is 348 g/mol. The van der Waals surface area contributed by atoms with E-state index in [1.807, 2.05) is 0 Å². The highest BCUT2D eigenvalue weighted by Gasteiger charge is 2.19. The fraction of sp³-hybridized carbons (Fsp3) is 0.0667. The first-order valence-corrected chi connectivity index (χ1v) is 6.96. The molecule has 0 saturated carbocycles. The van der Waals surface area contributed by atoms with Crippen molar-refractivity contribution in [3.8, 4) is 11.5 Å². The monoisotopic (exact) mass is 360 g/mol. The van der Waals surface area contributed by atoms with Gasteiger partial charge < -0.3 is 9.84 Å². The Morgan fingerprint density at radius 1 is 1.19 bits per heavy atom. The quantitative estimate of drug-likeness (QED) is 0.453. The van der Waals surface area contributed by atoms with Crippen LogP contribution in [-0.4, -0.2) is 34.2 Å². The van der Waals surface area contributed by atoms with Gasteiger partial charge in [-0.15, -0.1) is 0 Å². The molecule has 2 N–H and O–H groups in total. The summed E-state index contributed by atoms with van der Waals surface area (Å²) in [5, 5.41) is 34.8. The molecule has 0 aromatic heterocycles. The Bertz CT molecular complexity index is 894. The van der Waals surface area contributed by atoms with Gasteiger partial charge in [-0.3, -0.25) is 25.0 Å². The molecular formula is C15H12N4O7. The number of nitrogens with one attached hydrogen (secondary N) is 1. The zero-order chi connectivity index (χ0) is 19.3. The third kappa shape index (κ3) is 4.08. The molecule has 2 aromatic rings. The number of nitro groups is 2. The minimum Gasteiger partial charge on any atom is -0.500 e. The van der Waals surface area contributed by atoms with E-state index >= 15 is 0 Å². The van der Waals surface area contributed by atoms with E-state index in [4.69, 9.17) is 4.74 Å². The number of non-ortho nitro benzene ring substituents is 1. The molecule has 0 radical (unpaired) electrons. The number of ether oxygens (including phenoxy) is 1. The maximum absolute atomic E-state index is 11.9. The van der Waals surface area contributed by atoms with Crippen LogP contribution < -0.4 is 10.2 Å². The summed E-state index contributed by atoms with van der Waals surface area (Å²) in [6.07, 6.45) is 1.12. The Hall–Kier alpha value is -4.02. The Morgan fingerprint density at radius 2 is 1.85 bits per heavy atom. The number of nitrogens with zero attached hydrogens (tertiary/aromatic N) is 3. The molecule has 2 aromatic carbocycles. The second-order valence-corrected chi connectivity index (χ2v) is 4.85. The SMILES string of the molecule is COc1cc(/C=N\NC(=O)c2ccc([N+](=O)[O-])cc2)cc([N+](=O)[O-])c1O. The van der Waals surface area contributed by atoms with Crippen molar-refractivity contribution in [1.82, 2.24) is 5.43 Å². The number of phenolic OH excluding ortho intramolecular Hbond substituents is 1. The number of phenols is 1. The van der Waals surface area contributed by atoms with Crippen LogP contribution in [0.25, 0.3) is 0 Å². The molecule has 134 valence electrons. The van der Waals surface area contributed by atoms with Gasteiger partial charge in [0.15, 0.2) is 5.75 Å². The standard InChI is InChI=1S/C15H12N4O7/c1-26-13-7-9(6-12(14(13)20)19(24)25)8-16-17-15(21)10-2-4-11(5-3-10)18(22)23/h2-8,20H,1H3,(H,17,21)/b16-8-. The van der Waals surface area contributed by atoms with E-state index < -0.39 is 27.2 Å². The lowest BCUT2D eigenvalue weighted by molar-refractivity contribution is -0.386. The van der Waals surface area contributed by atoms with Crippen molar-refractivity contribution >= 4 is 23.5 Å². The molecule has 2 rings (SSSR count). The lowest BCUT2D eigenvalue weighted by Gasteiger charge is -2.05. The zero-order valence-corrected chi connectivity index (χ0v) is 13.3. The van der Waals surface area contributed by atoms with Crippen LogP contribution >= 0.6 is 0 Å². The molecule has 0 aliphatic carbocycles. The molecule has 0 aliphatic rings. The number of amides is 1. The van der Waals surface area contributed by atoms with Gasteiger partial charge in [0.1, 0.15) is 0 Å². The van der Waals surface area contributed by atoms with Crippen LogP contribution in [0.5, 0.6) is 11.5 Å². The highest BCUT2D eigenvalue weighted by molar-refractivity contribution is 5.95. The number of rotatable bonds is 6. The minimum atomic E-state index is -0.787. The van der Waals surface area contributed by atoms with Gasteiger partial charge in [0.25, 0.3) is 11.6 Å². The summed E-state index contributed by atoms with van der Waals surface area (Å²) in [5.41, 5.74) is 1.79. The number of carbonyl (C=O) groups is 1. The first-order chi connectivity index (χ1) is 12.3. The maximum atomic E-state index is 11.9. The molecule has 11 nitrogen and oxygen atoms in total. The number of hydrogen-bond acceptors (Lipinski definition) is 8. The fourth-order valence-corrected chi connectivity index (χ4v) is 1.95. The van der Waals surface area contributed by atoms with Crippen molar-refractivity contribution in [2.75, 3.05) is 7.11 Å². The Balaban J connectivity index is 2.14. The summed E-state index contributed by atoms with van der Waals surface area (Å²) < 4.78 is 4.85. The molecule has 0 saturated heterocycles. The van der Waals surface area contributed by atoms with Crippen molar-refractivity contribution in [3.05, 3.63) is 67.8 Å². The van der Waals surface area contributed by atoms with E-state index in [-0.39, 0.29) is 22.6 Å². The Morgan fingerprint density at radius 3 is 2.38 bits per heavy atom. The summed E-state index contributed by atoms with van der Waals surface area (Å²) in [7, 11) is 1.23. The van der Waals surface area contributed by atoms with Crippen molar-refractivity contribution in [2.24, 2.45) is 5.10 Å². The van der Waals surface area contributed by atoms with E-state index in [0.29, 0.717) is 0 Å². The fourth-order valence-electron chi connectivity index (χ4n) is 1.95. The van der Waals surface area contributed by atoms with Crippen molar-refractivity contribution in [3.63, 3.8) is 0 Å². The van der Waals surface area contributed by atoms with Crippen LogP contribution in [0.3, 0.4) is 0 Å². The normalized spacial score (nSPS) is 10.5. The van der Waals surface area contributed by atoms with Crippen LogP contribution in [0, 0.1) is 20.2 Å². The van der Waals surface area contributed by atoms with Crippen LogP contribution in [0.15, 0.2) is 41.5 Å². The molecule has 0 atom stereocenters. The molecule has 0 aliphatic heterocycles. The van der Waals surface area contributed by atoms with Crippen LogP contribution in [0.1, 0.15) is 15.9 Å². The van der Waals surface area contributed by atoms with Crippen LogP contribution in [-0.2, 0) is 0 Å². The number of hydrazone groups is 1. The molecule has 26 heavy (non-hydrogen) atoms. The summed E-state index contributed by atoms with van der Waals surface area (Å²) in [6, 6.07) is 7.22. The van der Waals surface area contributed by atoms with E-state index in [0.717, 1.165) is 12.3 Å². The van der Waals surface area contributed by atoms with E-state index in [2.05, 4.69) is 10.5 Å². The Kier molecular flexibility index (Phi) is 5.43. The summed E-state index contributed by atoms with van der Waals surface area (Å²) in [5.74, 6) is -1.37. The highest BCUT2D eigenvalue weighted by Crippen LogP contribution is 2.36. The third-order valence-electron chi connectivity index (χ3n) is 3.21. The van der Waals surface area contributed by atoms with Crippen molar-refractivity contribution < 1.29 is 24.5 Å². The average molecular weight is 360 g/mol.